The lowest BCUT2D eigenvalue weighted by atomic mass is 10.2. The Bertz CT molecular complexity index is 242. The minimum absolute atomic E-state index is 0.160. The minimum atomic E-state index is -3.09. The fourth-order valence-corrected chi connectivity index (χ4v) is 2.85. The lowest BCUT2D eigenvalue weighted by Gasteiger charge is -2.11. The maximum absolute atomic E-state index is 11.5. The van der Waals surface area contributed by atoms with Crippen molar-refractivity contribution in [3.05, 3.63) is 0 Å². The molecule has 1 atom stereocenters. The van der Waals surface area contributed by atoms with E-state index in [1.54, 1.807) is 11.8 Å². The third kappa shape index (κ3) is 9.17. The minimum Gasteiger partial charge on any atom is -0.316 e. The van der Waals surface area contributed by atoms with Crippen LogP contribution in [0, 0.1) is 5.92 Å². The molecule has 4 nitrogen and oxygen atoms in total. The molecule has 0 amide bonds. The number of hydrogen-bond donors (Lipinski definition) is 2. The second-order valence-electron chi connectivity index (χ2n) is 3.58. The number of sulfonamides is 1. The first-order chi connectivity index (χ1) is 7.02. The van der Waals surface area contributed by atoms with E-state index in [-0.39, 0.29) is 5.75 Å². The second kappa shape index (κ2) is 8.38. The zero-order valence-corrected chi connectivity index (χ0v) is 11.4. The lowest BCUT2D eigenvalue weighted by Crippen LogP contribution is -2.34. The highest BCUT2D eigenvalue weighted by molar-refractivity contribution is 7.98. The molecule has 0 spiro atoms. The van der Waals surface area contributed by atoms with Gasteiger partial charge in [-0.2, -0.15) is 11.8 Å². The SMILES string of the molecule is CCNCCS(=O)(=O)NCC(C)CSC. The van der Waals surface area contributed by atoms with Crippen molar-refractivity contribution in [2.24, 2.45) is 5.92 Å². The van der Waals surface area contributed by atoms with Crippen LogP contribution in [-0.4, -0.2) is 45.8 Å². The summed E-state index contributed by atoms with van der Waals surface area (Å²) < 4.78 is 25.5. The molecule has 0 aromatic carbocycles. The van der Waals surface area contributed by atoms with Crippen LogP contribution in [0.3, 0.4) is 0 Å². The van der Waals surface area contributed by atoms with E-state index in [9.17, 15) is 8.42 Å². The smallest absolute Gasteiger partial charge is 0.212 e. The first-order valence-electron chi connectivity index (χ1n) is 5.18. The maximum atomic E-state index is 11.5. The van der Waals surface area contributed by atoms with Crippen molar-refractivity contribution in [1.82, 2.24) is 10.0 Å². The maximum Gasteiger partial charge on any atom is 0.212 e. The first kappa shape index (κ1) is 15.2. The van der Waals surface area contributed by atoms with Gasteiger partial charge in [0.15, 0.2) is 0 Å². The Balaban J connectivity index is 3.73. The molecule has 0 aliphatic carbocycles. The van der Waals surface area contributed by atoms with Crippen LogP contribution in [0.15, 0.2) is 0 Å². The molecule has 0 heterocycles. The lowest BCUT2D eigenvalue weighted by molar-refractivity contribution is 0.559. The number of thioether (sulfide) groups is 1. The summed E-state index contributed by atoms with van der Waals surface area (Å²) in [4.78, 5) is 0. The zero-order chi connectivity index (χ0) is 11.7. The van der Waals surface area contributed by atoms with E-state index in [2.05, 4.69) is 10.0 Å². The normalized spacial score (nSPS) is 14.1. The summed E-state index contributed by atoms with van der Waals surface area (Å²) in [6.07, 6.45) is 2.02. The quantitative estimate of drug-likeness (QED) is 0.589. The van der Waals surface area contributed by atoms with E-state index in [4.69, 9.17) is 0 Å². The Morgan fingerprint density at radius 1 is 1.40 bits per heavy atom. The van der Waals surface area contributed by atoms with Gasteiger partial charge in [0.1, 0.15) is 0 Å². The molecule has 15 heavy (non-hydrogen) atoms. The average molecular weight is 254 g/mol. The highest BCUT2D eigenvalue weighted by Crippen LogP contribution is 2.03. The molecule has 1 unspecified atom stereocenters. The van der Waals surface area contributed by atoms with Gasteiger partial charge in [0.05, 0.1) is 5.75 Å². The van der Waals surface area contributed by atoms with Gasteiger partial charge in [-0.3, -0.25) is 0 Å². The van der Waals surface area contributed by atoms with Crippen molar-refractivity contribution >= 4 is 21.8 Å². The third-order valence-electron chi connectivity index (χ3n) is 1.90. The van der Waals surface area contributed by atoms with Crippen LogP contribution in [0.4, 0.5) is 0 Å². The molecule has 92 valence electrons. The Morgan fingerprint density at radius 3 is 2.60 bits per heavy atom. The molecule has 0 rings (SSSR count). The first-order valence-corrected chi connectivity index (χ1v) is 8.23. The third-order valence-corrected chi connectivity index (χ3v) is 4.15. The molecule has 0 aromatic heterocycles. The van der Waals surface area contributed by atoms with Crippen LogP contribution >= 0.6 is 11.8 Å². The van der Waals surface area contributed by atoms with E-state index in [0.29, 0.717) is 19.0 Å². The van der Waals surface area contributed by atoms with Crippen LogP contribution < -0.4 is 10.0 Å². The monoisotopic (exact) mass is 254 g/mol. The number of nitrogens with one attached hydrogen (secondary N) is 2. The van der Waals surface area contributed by atoms with Crippen LogP contribution in [0.5, 0.6) is 0 Å². The van der Waals surface area contributed by atoms with E-state index < -0.39 is 10.0 Å². The number of rotatable bonds is 9. The zero-order valence-electron chi connectivity index (χ0n) is 9.75. The summed E-state index contributed by atoms with van der Waals surface area (Å²) in [5, 5.41) is 2.99. The molecule has 0 aromatic rings. The van der Waals surface area contributed by atoms with Crippen LogP contribution in [0.25, 0.3) is 0 Å². The molecule has 0 bridgehead atoms. The summed E-state index contributed by atoms with van der Waals surface area (Å²) in [6.45, 7) is 5.86. The molecule has 0 radical (unpaired) electrons. The fourth-order valence-electron chi connectivity index (χ4n) is 1.07. The molecular weight excluding hydrogens is 232 g/mol. The molecule has 0 saturated carbocycles. The summed E-state index contributed by atoms with van der Waals surface area (Å²) in [6, 6.07) is 0. The fraction of sp³-hybridized carbons (Fsp3) is 1.00. The Labute approximate surface area is 97.6 Å². The van der Waals surface area contributed by atoms with Crippen molar-refractivity contribution < 1.29 is 8.42 Å². The molecule has 6 heteroatoms. The van der Waals surface area contributed by atoms with Gasteiger partial charge in [0, 0.05) is 13.1 Å². The Hall–Kier alpha value is 0.220. The second-order valence-corrected chi connectivity index (χ2v) is 6.42. The van der Waals surface area contributed by atoms with E-state index in [0.717, 1.165) is 12.3 Å². The molecule has 0 fully saturated rings. The van der Waals surface area contributed by atoms with Crippen molar-refractivity contribution in [3.63, 3.8) is 0 Å². The van der Waals surface area contributed by atoms with Crippen LogP contribution in [0.2, 0.25) is 0 Å². The van der Waals surface area contributed by atoms with Gasteiger partial charge in [0.25, 0.3) is 0 Å². The van der Waals surface area contributed by atoms with Gasteiger partial charge in [-0.1, -0.05) is 13.8 Å². The van der Waals surface area contributed by atoms with E-state index in [1.807, 2.05) is 20.1 Å². The predicted octanol–water partition coefficient (Wildman–Crippen LogP) is 0.514. The highest BCUT2D eigenvalue weighted by Gasteiger charge is 2.10. The molecule has 0 aliphatic rings. The van der Waals surface area contributed by atoms with Crippen LogP contribution in [-0.2, 0) is 10.0 Å². The summed E-state index contributed by atoms with van der Waals surface area (Å²) in [5.41, 5.74) is 0. The molecule has 0 saturated heterocycles. The van der Waals surface area contributed by atoms with Crippen molar-refractivity contribution in [1.29, 1.82) is 0 Å². The summed E-state index contributed by atoms with van der Waals surface area (Å²) >= 11 is 1.73. The standard InChI is InChI=1S/C9H22N2O2S2/c1-4-10-5-6-15(12,13)11-7-9(2)8-14-3/h9-11H,4-8H2,1-3H3. The topological polar surface area (TPSA) is 58.2 Å². The molecular formula is C9H22N2O2S2. The Kier molecular flexibility index (Phi) is 8.50. The predicted molar refractivity (Wildman–Crippen MR) is 67.9 cm³/mol. The van der Waals surface area contributed by atoms with Crippen molar-refractivity contribution in [2.75, 3.05) is 37.4 Å². The van der Waals surface area contributed by atoms with Crippen LogP contribution in [0.1, 0.15) is 13.8 Å². The van der Waals surface area contributed by atoms with E-state index in [1.165, 1.54) is 0 Å². The number of hydrogen-bond acceptors (Lipinski definition) is 4. The molecule has 0 aliphatic heterocycles. The summed E-state index contributed by atoms with van der Waals surface area (Å²) in [5.74, 6) is 1.52. The molecule has 2 N–H and O–H groups in total. The van der Waals surface area contributed by atoms with E-state index >= 15 is 0 Å². The van der Waals surface area contributed by atoms with Gasteiger partial charge in [0.2, 0.25) is 10.0 Å². The largest absolute Gasteiger partial charge is 0.316 e. The van der Waals surface area contributed by atoms with Gasteiger partial charge < -0.3 is 5.32 Å². The highest BCUT2D eigenvalue weighted by atomic mass is 32.2. The van der Waals surface area contributed by atoms with Crippen molar-refractivity contribution in [2.45, 2.75) is 13.8 Å². The van der Waals surface area contributed by atoms with Gasteiger partial charge >= 0.3 is 0 Å². The van der Waals surface area contributed by atoms with Gasteiger partial charge in [-0.25, -0.2) is 13.1 Å². The van der Waals surface area contributed by atoms with Gasteiger partial charge in [-0.05, 0) is 24.5 Å². The average Bonchev–Trinajstić information content (AvgIpc) is 2.16. The van der Waals surface area contributed by atoms with Crippen molar-refractivity contribution in [3.8, 4) is 0 Å². The Morgan fingerprint density at radius 2 is 2.07 bits per heavy atom. The van der Waals surface area contributed by atoms with Gasteiger partial charge in [-0.15, -0.1) is 0 Å². The summed E-state index contributed by atoms with van der Waals surface area (Å²) in [7, 11) is -3.09.